The van der Waals surface area contributed by atoms with Crippen LogP contribution in [0.5, 0.6) is 5.75 Å². The summed E-state index contributed by atoms with van der Waals surface area (Å²) in [4.78, 5) is 6.59. The Hall–Kier alpha value is -2.18. The molecule has 0 amide bonds. The van der Waals surface area contributed by atoms with Crippen LogP contribution in [0.2, 0.25) is 0 Å². The monoisotopic (exact) mass is 202 g/mol. The maximum absolute atomic E-state index is 8.03. The molecule has 0 saturated heterocycles. The van der Waals surface area contributed by atoms with Crippen molar-refractivity contribution in [3.63, 3.8) is 0 Å². The number of ether oxygens (including phenoxy) is 1. The first kappa shape index (κ1) is 10.9. The van der Waals surface area contributed by atoms with Gasteiger partial charge in [0.05, 0.1) is 13.3 Å². The molecule has 76 valence electrons. The molecule has 0 saturated carbocycles. The Morgan fingerprint density at radius 3 is 3.20 bits per heavy atom. The summed E-state index contributed by atoms with van der Waals surface area (Å²) in [6, 6.07) is 1.80. The summed E-state index contributed by atoms with van der Waals surface area (Å²) in [5.74, 6) is 6.46. The molecule has 0 aliphatic rings. The Kier molecular flexibility index (Phi) is 4.58. The van der Waals surface area contributed by atoms with Crippen molar-refractivity contribution >= 4 is 0 Å². The Morgan fingerprint density at radius 2 is 2.47 bits per heavy atom. The molecule has 0 fully saturated rings. The molecule has 1 heterocycles. The minimum atomic E-state index is 0.390. The molecule has 1 aromatic rings. The summed E-state index contributed by atoms with van der Waals surface area (Å²) >= 11 is 0. The first-order valence-electron chi connectivity index (χ1n) is 4.35. The molecule has 0 bridgehead atoms. The van der Waals surface area contributed by atoms with Gasteiger partial charge in [0.15, 0.2) is 0 Å². The fourth-order valence-corrected chi connectivity index (χ4v) is 0.914. The predicted molar refractivity (Wildman–Crippen MR) is 56.3 cm³/mol. The normalized spacial score (nSPS) is 8.33. The number of hydrogen-bond acceptors (Lipinski definition) is 3. The molecule has 1 aromatic heterocycles. The van der Waals surface area contributed by atoms with Crippen LogP contribution in [0.3, 0.4) is 0 Å². The van der Waals surface area contributed by atoms with Crippen LogP contribution < -0.4 is 4.74 Å². The number of azide groups is 1. The van der Waals surface area contributed by atoms with Crippen LogP contribution in [0.1, 0.15) is 12.0 Å². The lowest BCUT2D eigenvalue weighted by Crippen LogP contribution is -1.85. The topological polar surface area (TPSA) is 70.9 Å². The van der Waals surface area contributed by atoms with E-state index in [1.165, 1.54) is 0 Å². The average Bonchev–Trinajstić information content (AvgIpc) is 2.29. The van der Waals surface area contributed by atoms with Gasteiger partial charge in [-0.15, -0.1) is 0 Å². The number of nitrogens with zero attached hydrogens (tertiary/aromatic N) is 4. The maximum atomic E-state index is 8.03. The van der Waals surface area contributed by atoms with Crippen LogP contribution in [0.25, 0.3) is 10.4 Å². The van der Waals surface area contributed by atoms with Crippen molar-refractivity contribution in [2.75, 3.05) is 13.7 Å². The zero-order chi connectivity index (χ0) is 10.9. The van der Waals surface area contributed by atoms with Crippen LogP contribution in [-0.4, -0.2) is 18.6 Å². The molecule has 5 heteroatoms. The van der Waals surface area contributed by atoms with Crippen molar-refractivity contribution in [3.05, 3.63) is 34.5 Å². The van der Waals surface area contributed by atoms with Crippen molar-refractivity contribution in [1.82, 2.24) is 4.98 Å². The lowest BCUT2D eigenvalue weighted by atomic mass is 10.2. The van der Waals surface area contributed by atoms with Gasteiger partial charge in [0, 0.05) is 29.6 Å². The fourth-order valence-electron chi connectivity index (χ4n) is 0.914. The van der Waals surface area contributed by atoms with E-state index in [4.69, 9.17) is 10.3 Å². The third kappa shape index (κ3) is 4.03. The molecule has 0 spiro atoms. The van der Waals surface area contributed by atoms with E-state index in [1.54, 1.807) is 25.6 Å². The van der Waals surface area contributed by atoms with E-state index < -0.39 is 0 Å². The van der Waals surface area contributed by atoms with Gasteiger partial charge >= 0.3 is 0 Å². The highest BCUT2D eigenvalue weighted by atomic mass is 16.5. The van der Waals surface area contributed by atoms with Gasteiger partial charge < -0.3 is 4.74 Å². The molecule has 1 rings (SSSR count). The standard InChI is InChI=1S/C10H10N4O/c1-15-10-6-9(7-12-8-10)4-2-3-5-13-14-11/h6-8H,3,5H2,1H3. The zero-order valence-corrected chi connectivity index (χ0v) is 8.34. The third-order valence-electron chi connectivity index (χ3n) is 1.58. The van der Waals surface area contributed by atoms with Crippen molar-refractivity contribution in [2.24, 2.45) is 5.11 Å². The molecule has 15 heavy (non-hydrogen) atoms. The summed E-state index contributed by atoms with van der Waals surface area (Å²) in [6.07, 6.45) is 3.81. The average molecular weight is 202 g/mol. The molecular formula is C10H10N4O. The second-order valence-electron chi connectivity index (χ2n) is 2.62. The predicted octanol–water partition coefficient (Wildman–Crippen LogP) is 2.14. The summed E-state index contributed by atoms with van der Waals surface area (Å²) < 4.78 is 5.00. The summed E-state index contributed by atoms with van der Waals surface area (Å²) in [7, 11) is 1.58. The van der Waals surface area contributed by atoms with E-state index in [-0.39, 0.29) is 0 Å². The van der Waals surface area contributed by atoms with Crippen LogP contribution in [0.15, 0.2) is 23.6 Å². The second kappa shape index (κ2) is 6.30. The molecule has 0 aliphatic carbocycles. The molecule has 0 N–H and O–H groups in total. The maximum Gasteiger partial charge on any atom is 0.138 e. The highest BCUT2D eigenvalue weighted by molar-refractivity contribution is 5.36. The van der Waals surface area contributed by atoms with E-state index in [2.05, 4.69) is 26.9 Å². The number of rotatable bonds is 3. The number of pyridine rings is 1. The Labute approximate surface area is 87.7 Å². The highest BCUT2D eigenvalue weighted by Crippen LogP contribution is 2.08. The SMILES string of the molecule is COc1cncc(C#CCCN=[N+]=[N-])c1. The summed E-state index contributed by atoms with van der Waals surface area (Å²) in [6.45, 7) is 0.390. The van der Waals surface area contributed by atoms with Gasteiger partial charge in [0.25, 0.3) is 0 Å². The Morgan fingerprint density at radius 1 is 1.60 bits per heavy atom. The molecule has 0 aliphatic heterocycles. The highest BCUT2D eigenvalue weighted by Gasteiger charge is 1.91. The molecule has 0 atom stereocenters. The Balaban J connectivity index is 2.58. The zero-order valence-electron chi connectivity index (χ0n) is 8.34. The largest absolute Gasteiger partial charge is 0.495 e. The van der Waals surface area contributed by atoms with Crippen molar-refractivity contribution in [3.8, 4) is 17.6 Å². The fraction of sp³-hybridized carbons (Fsp3) is 0.300. The minimum Gasteiger partial charge on any atom is -0.495 e. The number of methoxy groups -OCH3 is 1. The molecule has 0 aromatic carbocycles. The van der Waals surface area contributed by atoms with Crippen molar-refractivity contribution in [1.29, 1.82) is 0 Å². The number of hydrogen-bond donors (Lipinski definition) is 0. The van der Waals surface area contributed by atoms with Gasteiger partial charge in [-0.3, -0.25) is 4.98 Å². The number of aromatic nitrogens is 1. The summed E-state index contributed by atoms with van der Waals surface area (Å²) in [5.41, 5.74) is 8.82. The summed E-state index contributed by atoms with van der Waals surface area (Å²) in [5, 5.41) is 3.37. The van der Waals surface area contributed by atoms with Gasteiger partial charge in [0.2, 0.25) is 0 Å². The van der Waals surface area contributed by atoms with E-state index >= 15 is 0 Å². The molecule has 0 unspecified atom stereocenters. The smallest absolute Gasteiger partial charge is 0.138 e. The van der Waals surface area contributed by atoms with E-state index in [0.717, 1.165) is 5.56 Å². The Bertz CT molecular complexity index is 427. The van der Waals surface area contributed by atoms with Gasteiger partial charge in [-0.05, 0) is 11.6 Å². The molecule has 0 radical (unpaired) electrons. The first-order chi connectivity index (χ1) is 7.36. The second-order valence-corrected chi connectivity index (χ2v) is 2.62. The van der Waals surface area contributed by atoms with Crippen LogP contribution >= 0.6 is 0 Å². The minimum absolute atomic E-state index is 0.390. The molecule has 5 nitrogen and oxygen atoms in total. The quantitative estimate of drug-likeness (QED) is 0.247. The van der Waals surface area contributed by atoms with Gasteiger partial charge in [-0.1, -0.05) is 17.0 Å². The lowest BCUT2D eigenvalue weighted by Gasteiger charge is -1.97. The van der Waals surface area contributed by atoms with E-state index in [1.807, 2.05) is 0 Å². The van der Waals surface area contributed by atoms with Gasteiger partial charge in [-0.2, -0.15) is 0 Å². The van der Waals surface area contributed by atoms with Gasteiger partial charge in [0.1, 0.15) is 5.75 Å². The first-order valence-corrected chi connectivity index (χ1v) is 4.35. The third-order valence-corrected chi connectivity index (χ3v) is 1.58. The lowest BCUT2D eigenvalue weighted by molar-refractivity contribution is 0.413. The van der Waals surface area contributed by atoms with Crippen LogP contribution in [0.4, 0.5) is 0 Å². The van der Waals surface area contributed by atoms with E-state index in [9.17, 15) is 0 Å². The van der Waals surface area contributed by atoms with Crippen LogP contribution in [0, 0.1) is 11.8 Å². The molecular weight excluding hydrogens is 192 g/mol. The van der Waals surface area contributed by atoms with Crippen LogP contribution in [-0.2, 0) is 0 Å². The van der Waals surface area contributed by atoms with E-state index in [0.29, 0.717) is 18.7 Å². The van der Waals surface area contributed by atoms with Gasteiger partial charge in [-0.25, -0.2) is 0 Å². The van der Waals surface area contributed by atoms with Crippen molar-refractivity contribution in [2.45, 2.75) is 6.42 Å². The van der Waals surface area contributed by atoms with Crippen molar-refractivity contribution < 1.29 is 4.74 Å².